The topological polar surface area (TPSA) is 17.1 Å². The molecule has 0 rings (SSSR count). The Bertz CT molecular complexity index is 94.0. The summed E-state index contributed by atoms with van der Waals surface area (Å²) >= 11 is 0. The van der Waals surface area contributed by atoms with Crippen molar-refractivity contribution in [1.82, 2.24) is 0 Å². The highest BCUT2D eigenvalue weighted by atomic mass is 127. The summed E-state index contributed by atoms with van der Waals surface area (Å²) in [5.74, 6) is 0. The van der Waals surface area contributed by atoms with Crippen LogP contribution >= 0.6 is 0 Å². The molecule has 0 aromatic carbocycles. The van der Waals surface area contributed by atoms with Crippen LogP contribution in [0.1, 0.15) is 20.8 Å². The Kier molecular flexibility index (Phi) is 8.90. The van der Waals surface area contributed by atoms with Gasteiger partial charge in [0.15, 0.2) is 6.29 Å². The van der Waals surface area contributed by atoms with Gasteiger partial charge in [-0.3, -0.25) is 4.79 Å². The Morgan fingerprint density at radius 3 is 1.55 bits per heavy atom. The highest BCUT2D eigenvalue weighted by Crippen LogP contribution is 2.02. The average Bonchev–Trinajstić information content (AvgIpc) is 2.01. The van der Waals surface area contributed by atoms with Gasteiger partial charge in [-0.1, -0.05) is 0 Å². The van der Waals surface area contributed by atoms with Crippen molar-refractivity contribution in [2.75, 3.05) is 26.2 Å². The van der Waals surface area contributed by atoms with Crippen LogP contribution in [0.5, 0.6) is 0 Å². The number of quaternary nitrogens is 1. The van der Waals surface area contributed by atoms with Crippen molar-refractivity contribution in [2.45, 2.75) is 20.8 Å². The second-order valence-corrected chi connectivity index (χ2v) is 2.64. The maximum atomic E-state index is 10.3. The number of carbonyl (C=O) groups excluding carboxylic acids is 1. The standard InChI is InChI=1S/C8H18NO.HI/c1-4-9(5-2,6-3)7-8-10;/h8H,4-7H2,1-3H3;1H/q+1;/p-1. The summed E-state index contributed by atoms with van der Waals surface area (Å²) in [6, 6.07) is 0. The van der Waals surface area contributed by atoms with Gasteiger partial charge in [0.1, 0.15) is 6.54 Å². The summed E-state index contributed by atoms with van der Waals surface area (Å²) in [5, 5.41) is 0. The molecule has 0 amide bonds. The third kappa shape index (κ3) is 4.06. The predicted molar refractivity (Wildman–Crippen MR) is 42.8 cm³/mol. The van der Waals surface area contributed by atoms with Gasteiger partial charge in [0.05, 0.1) is 19.6 Å². The SMILES string of the molecule is CC[N+](CC)(CC)CC=O.[I-]. The molecular formula is C8H18INO. The van der Waals surface area contributed by atoms with Crippen LogP contribution in [0.2, 0.25) is 0 Å². The van der Waals surface area contributed by atoms with Crippen molar-refractivity contribution in [3.8, 4) is 0 Å². The molecular weight excluding hydrogens is 253 g/mol. The lowest BCUT2D eigenvalue weighted by Gasteiger charge is -2.33. The Hall–Kier alpha value is 0.360. The largest absolute Gasteiger partial charge is 1.00 e. The monoisotopic (exact) mass is 271 g/mol. The molecule has 0 aromatic rings. The van der Waals surface area contributed by atoms with Crippen LogP contribution in [0.3, 0.4) is 0 Å². The Morgan fingerprint density at radius 1 is 1.09 bits per heavy atom. The van der Waals surface area contributed by atoms with Crippen molar-refractivity contribution < 1.29 is 33.3 Å². The molecule has 0 bridgehead atoms. The number of nitrogens with zero attached hydrogens (tertiary/aromatic N) is 1. The van der Waals surface area contributed by atoms with Gasteiger partial charge >= 0.3 is 0 Å². The molecule has 2 nitrogen and oxygen atoms in total. The molecule has 0 aromatic heterocycles. The quantitative estimate of drug-likeness (QED) is 0.323. The van der Waals surface area contributed by atoms with Crippen molar-refractivity contribution >= 4 is 6.29 Å². The van der Waals surface area contributed by atoms with Gasteiger partial charge in [-0.25, -0.2) is 0 Å². The number of halogens is 1. The molecule has 0 saturated carbocycles. The predicted octanol–water partition coefficient (Wildman–Crippen LogP) is -1.93. The first-order chi connectivity index (χ1) is 4.74. The summed E-state index contributed by atoms with van der Waals surface area (Å²) in [4.78, 5) is 10.3. The minimum atomic E-state index is 0. The zero-order valence-electron chi connectivity index (χ0n) is 7.64. The maximum Gasteiger partial charge on any atom is 0.174 e. The molecule has 0 aliphatic carbocycles. The smallest absolute Gasteiger partial charge is 0.174 e. The van der Waals surface area contributed by atoms with E-state index in [-0.39, 0.29) is 24.0 Å². The fraction of sp³-hybridized carbons (Fsp3) is 0.875. The maximum absolute atomic E-state index is 10.3. The minimum absolute atomic E-state index is 0. The van der Waals surface area contributed by atoms with E-state index in [1.54, 1.807) is 0 Å². The molecule has 0 atom stereocenters. The molecule has 0 aliphatic heterocycles. The third-order valence-corrected chi connectivity index (χ3v) is 2.47. The van der Waals surface area contributed by atoms with Gasteiger partial charge in [0, 0.05) is 0 Å². The van der Waals surface area contributed by atoms with Gasteiger partial charge in [-0.2, -0.15) is 0 Å². The number of hydrogen-bond donors (Lipinski definition) is 0. The van der Waals surface area contributed by atoms with Crippen LogP contribution in [0.25, 0.3) is 0 Å². The van der Waals surface area contributed by atoms with Crippen LogP contribution in [-0.4, -0.2) is 36.9 Å². The number of carbonyl (C=O) groups is 1. The van der Waals surface area contributed by atoms with E-state index in [9.17, 15) is 4.79 Å². The summed E-state index contributed by atoms with van der Waals surface area (Å²) in [6.45, 7) is 10.3. The third-order valence-electron chi connectivity index (χ3n) is 2.47. The first-order valence-corrected chi connectivity index (χ1v) is 4.03. The lowest BCUT2D eigenvalue weighted by atomic mass is 10.3. The van der Waals surface area contributed by atoms with Crippen LogP contribution in [-0.2, 0) is 4.79 Å². The van der Waals surface area contributed by atoms with E-state index >= 15 is 0 Å². The number of aldehydes is 1. The zero-order chi connectivity index (χ0) is 8.04. The lowest BCUT2D eigenvalue weighted by Crippen LogP contribution is -3.00. The first-order valence-electron chi connectivity index (χ1n) is 4.03. The van der Waals surface area contributed by atoms with Crippen LogP contribution in [0.15, 0.2) is 0 Å². The lowest BCUT2D eigenvalue weighted by molar-refractivity contribution is -0.915. The van der Waals surface area contributed by atoms with E-state index in [1.165, 1.54) is 0 Å². The fourth-order valence-electron chi connectivity index (χ4n) is 1.22. The van der Waals surface area contributed by atoms with Crippen LogP contribution < -0.4 is 24.0 Å². The highest BCUT2D eigenvalue weighted by Gasteiger charge is 2.18. The summed E-state index contributed by atoms with van der Waals surface area (Å²) in [7, 11) is 0. The summed E-state index contributed by atoms with van der Waals surface area (Å²) < 4.78 is 0.934. The van der Waals surface area contributed by atoms with Crippen molar-refractivity contribution in [2.24, 2.45) is 0 Å². The van der Waals surface area contributed by atoms with E-state index in [2.05, 4.69) is 20.8 Å². The second kappa shape index (κ2) is 7.03. The Labute approximate surface area is 86.6 Å². The first kappa shape index (κ1) is 13.9. The molecule has 0 unspecified atom stereocenters. The molecule has 0 radical (unpaired) electrons. The molecule has 68 valence electrons. The van der Waals surface area contributed by atoms with Gasteiger partial charge < -0.3 is 28.5 Å². The van der Waals surface area contributed by atoms with Gasteiger partial charge in [0.2, 0.25) is 0 Å². The molecule has 11 heavy (non-hydrogen) atoms. The summed E-state index contributed by atoms with van der Waals surface area (Å²) in [5.41, 5.74) is 0. The van der Waals surface area contributed by atoms with Crippen LogP contribution in [0, 0.1) is 0 Å². The molecule has 0 aliphatic rings. The van der Waals surface area contributed by atoms with Gasteiger partial charge in [0.25, 0.3) is 0 Å². The number of likely N-dealkylation sites (N-methyl/N-ethyl adjacent to an activating group) is 1. The van der Waals surface area contributed by atoms with E-state index < -0.39 is 0 Å². The number of rotatable bonds is 5. The molecule has 0 saturated heterocycles. The zero-order valence-corrected chi connectivity index (χ0v) is 9.80. The summed E-state index contributed by atoms with van der Waals surface area (Å²) in [6.07, 6.45) is 1.02. The molecule has 3 heteroatoms. The van der Waals surface area contributed by atoms with Gasteiger partial charge in [-0.15, -0.1) is 0 Å². The average molecular weight is 271 g/mol. The van der Waals surface area contributed by atoms with Crippen molar-refractivity contribution in [3.63, 3.8) is 0 Å². The second-order valence-electron chi connectivity index (χ2n) is 2.64. The van der Waals surface area contributed by atoms with Gasteiger partial charge in [-0.05, 0) is 20.8 Å². The Morgan fingerprint density at radius 2 is 1.45 bits per heavy atom. The molecule has 0 heterocycles. The highest BCUT2D eigenvalue weighted by molar-refractivity contribution is 5.50. The van der Waals surface area contributed by atoms with Crippen molar-refractivity contribution in [1.29, 1.82) is 0 Å². The molecule has 0 N–H and O–H groups in total. The van der Waals surface area contributed by atoms with E-state index in [0.717, 1.165) is 30.4 Å². The van der Waals surface area contributed by atoms with Crippen LogP contribution in [0.4, 0.5) is 0 Å². The number of hydrogen-bond acceptors (Lipinski definition) is 1. The van der Waals surface area contributed by atoms with E-state index in [1.807, 2.05) is 0 Å². The Balaban J connectivity index is 0. The van der Waals surface area contributed by atoms with Crippen molar-refractivity contribution in [3.05, 3.63) is 0 Å². The molecule has 0 fully saturated rings. The normalized spacial score (nSPS) is 10.5. The van der Waals surface area contributed by atoms with E-state index in [4.69, 9.17) is 0 Å². The van der Waals surface area contributed by atoms with E-state index in [0.29, 0.717) is 6.54 Å². The molecule has 0 spiro atoms. The fourth-order valence-corrected chi connectivity index (χ4v) is 1.22. The minimum Gasteiger partial charge on any atom is -1.00 e.